The van der Waals surface area contributed by atoms with E-state index < -0.39 is 0 Å². The summed E-state index contributed by atoms with van der Waals surface area (Å²) in [6.45, 7) is 3.02. The molecule has 3 rings (SSSR count). The van der Waals surface area contributed by atoms with Gasteiger partial charge < -0.3 is 10.6 Å². The number of fused-ring (bicyclic) bond motifs is 1. The van der Waals surface area contributed by atoms with Crippen molar-refractivity contribution < 1.29 is 4.79 Å². The maximum absolute atomic E-state index is 12.4. The Morgan fingerprint density at radius 2 is 2.15 bits per heavy atom. The van der Waals surface area contributed by atoms with Crippen LogP contribution < -0.4 is 5.73 Å². The first-order valence-electron chi connectivity index (χ1n) is 6.97. The summed E-state index contributed by atoms with van der Waals surface area (Å²) in [5.41, 5.74) is 6.38. The SMILES string of the molecule is CC1CC1CN(C)C(=O)c1cc2ccccc2c(N)n1. The second-order valence-corrected chi connectivity index (χ2v) is 5.77. The van der Waals surface area contributed by atoms with Crippen LogP contribution in [0.3, 0.4) is 0 Å². The highest BCUT2D eigenvalue weighted by Crippen LogP contribution is 2.38. The van der Waals surface area contributed by atoms with Crippen LogP contribution in [0.15, 0.2) is 30.3 Å². The highest BCUT2D eigenvalue weighted by molar-refractivity contribution is 5.99. The molecule has 1 aromatic heterocycles. The summed E-state index contributed by atoms with van der Waals surface area (Å²) >= 11 is 0. The standard InChI is InChI=1S/C16H19N3O/c1-10-7-12(10)9-19(2)16(20)14-8-11-5-3-4-6-13(11)15(17)18-14/h3-6,8,10,12H,7,9H2,1-2H3,(H2,17,18). The highest BCUT2D eigenvalue weighted by atomic mass is 16.2. The molecule has 2 aromatic rings. The summed E-state index contributed by atoms with van der Waals surface area (Å²) < 4.78 is 0. The highest BCUT2D eigenvalue weighted by Gasteiger charge is 2.34. The van der Waals surface area contributed by atoms with Crippen molar-refractivity contribution in [1.29, 1.82) is 0 Å². The van der Waals surface area contributed by atoms with Crippen molar-refractivity contribution in [2.24, 2.45) is 11.8 Å². The van der Waals surface area contributed by atoms with Gasteiger partial charge in [0.1, 0.15) is 11.5 Å². The number of aromatic nitrogens is 1. The first kappa shape index (κ1) is 12.9. The molecule has 20 heavy (non-hydrogen) atoms. The summed E-state index contributed by atoms with van der Waals surface area (Å²) in [6, 6.07) is 9.55. The lowest BCUT2D eigenvalue weighted by molar-refractivity contribution is 0.0781. The number of nitrogen functional groups attached to an aromatic ring is 1. The van der Waals surface area contributed by atoms with E-state index in [-0.39, 0.29) is 5.91 Å². The van der Waals surface area contributed by atoms with Crippen molar-refractivity contribution >= 4 is 22.5 Å². The molecule has 0 bridgehead atoms. The van der Waals surface area contributed by atoms with Gasteiger partial charge in [-0.1, -0.05) is 31.2 Å². The Hall–Kier alpha value is -2.10. The number of hydrogen-bond acceptors (Lipinski definition) is 3. The minimum atomic E-state index is -0.0541. The molecule has 2 unspecified atom stereocenters. The summed E-state index contributed by atoms with van der Waals surface area (Å²) in [5.74, 6) is 1.74. The number of pyridine rings is 1. The molecule has 2 atom stereocenters. The number of carbonyl (C=O) groups is 1. The average Bonchev–Trinajstić information content (AvgIpc) is 3.13. The van der Waals surface area contributed by atoms with E-state index in [1.807, 2.05) is 37.4 Å². The number of benzene rings is 1. The molecule has 1 heterocycles. The third-order valence-electron chi connectivity index (χ3n) is 4.12. The molecule has 4 heteroatoms. The molecule has 0 radical (unpaired) electrons. The van der Waals surface area contributed by atoms with E-state index in [0.29, 0.717) is 17.4 Å². The lowest BCUT2D eigenvalue weighted by atomic mass is 10.1. The molecule has 2 N–H and O–H groups in total. The molecule has 1 amide bonds. The number of nitrogens with two attached hydrogens (primary N) is 1. The molecular formula is C16H19N3O. The fourth-order valence-electron chi connectivity index (χ4n) is 2.62. The predicted octanol–water partition coefficient (Wildman–Crippen LogP) is 2.54. The fraction of sp³-hybridized carbons (Fsp3) is 0.375. The minimum Gasteiger partial charge on any atom is -0.383 e. The van der Waals surface area contributed by atoms with E-state index in [0.717, 1.165) is 23.2 Å². The Morgan fingerprint density at radius 1 is 1.45 bits per heavy atom. The van der Waals surface area contributed by atoms with E-state index in [1.54, 1.807) is 4.90 Å². The molecule has 1 aromatic carbocycles. The van der Waals surface area contributed by atoms with Gasteiger partial charge in [-0.25, -0.2) is 4.98 Å². The number of carbonyl (C=O) groups excluding carboxylic acids is 1. The molecule has 1 aliphatic carbocycles. The van der Waals surface area contributed by atoms with Gasteiger partial charge in [-0.3, -0.25) is 4.79 Å². The average molecular weight is 269 g/mol. The molecular weight excluding hydrogens is 250 g/mol. The van der Waals surface area contributed by atoms with Crippen LogP contribution in [0, 0.1) is 11.8 Å². The minimum absolute atomic E-state index is 0.0541. The number of anilines is 1. The number of amides is 1. The van der Waals surface area contributed by atoms with Crippen molar-refractivity contribution in [3.63, 3.8) is 0 Å². The number of hydrogen-bond donors (Lipinski definition) is 1. The van der Waals surface area contributed by atoms with Crippen molar-refractivity contribution in [2.75, 3.05) is 19.3 Å². The lowest BCUT2D eigenvalue weighted by Crippen LogP contribution is -2.29. The normalized spacial score (nSPS) is 20.9. The molecule has 1 fully saturated rings. The van der Waals surface area contributed by atoms with Gasteiger partial charge in [0.2, 0.25) is 0 Å². The summed E-state index contributed by atoms with van der Waals surface area (Å²) in [5, 5.41) is 1.85. The predicted molar refractivity (Wildman–Crippen MR) is 80.4 cm³/mol. The zero-order chi connectivity index (χ0) is 14.3. The van der Waals surface area contributed by atoms with E-state index in [1.165, 1.54) is 6.42 Å². The van der Waals surface area contributed by atoms with Crippen LogP contribution in [0.2, 0.25) is 0 Å². The van der Waals surface area contributed by atoms with Crippen LogP contribution in [0.5, 0.6) is 0 Å². The van der Waals surface area contributed by atoms with Crippen molar-refractivity contribution in [3.05, 3.63) is 36.0 Å². The van der Waals surface area contributed by atoms with Crippen molar-refractivity contribution in [3.8, 4) is 0 Å². The molecule has 4 nitrogen and oxygen atoms in total. The summed E-state index contributed by atoms with van der Waals surface area (Å²) in [7, 11) is 1.83. The van der Waals surface area contributed by atoms with Crippen molar-refractivity contribution in [1.82, 2.24) is 9.88 Å². The zero-order valence-corrected chi connectivity index (χ0v) is 11.8. The van der Waals surface area contributed by atoms with E-state index >= 15 is 0 Å². The third kappa shape index (κ3) is 2.33. The second-order valence-electron chi connectivity index (χ2n) is 5.77. The van der Waals surface area contributed by atoms with Gasteiger partial charge in [0, 0.05) is 19.0 Å². The largest absolute Gasteiger partial charge is 0.383 e. The van der Waals surface area contributed by atoms with Gasteiger partial charge in [-0.05, 0) is 29.7 Å². The molecule has 0 saturated heterocycles. The lowest BCUT2D eigenvalue weighted by Gasteiger charge is -2.17. The quantitative estimate of drug-likeness (QED) is 0.931. The molecule has 1 aliphatic rings. The van der Waals surface area contributed by atoms with Gasteiger partial charge in [0.05, 0.1) is 0 Å². The van der Waals surface area contributed by atoms with Crippen LogP contribution in [0.25, 0.3) is 10.8 Å². The molecule has 0 aliphatic heterocycles. The van der Waals surface area contributed by atoms with Crippen LogP contribution in [0.4, 0.5) is 5.82 Å². The van der Waals surface area contributed by atoms with Gasteiger partial charge in [0.15, 0.2) is 0 Å². The first-order valence-corrected chi connectivity index (χ1v) is 6.97. The fourth-order valence-corrected chi connectivity index (χ4v) is 2.62. The Balaban J connectivity index is 1.87. The van der Waals surface area contributed by atoms with Gasteiger partial charge >= 0.3 is 0 Å². The van der Waals surface area contributed by atoms with Crippen molar-refractivity contribution in [2.45, 2.75) is 13.3 Å². The number of nitrogens with zero attached hydrogens (tertiary/aromatic N) is 2. The Kier molecular flexibility index (Phi) is 3.08. The van der Waals surface area contributed by atoms with Gasteiger partial charge in [-0.2, -0.15) is 0 Å². The summed E-state index contributed by atoms with van der Waals surface area (Å²) in [6.07, 6.45) is 1.21. The maximum Gasteiger partial charge on any atom is 0.272 e. The second kappa shape index (κ2) is 4.78. The Labute approximate surface area is 118 Å². The van der Waals surface area contributed by atoms with Crippen LogP contribution in [-0.2, 0) is 0 Å². The van der Waals surface area contributed by atoms with Gasteiger partial charge in [0.25, 0.3) is 5.91 Å². The van der Waals surface area contributed by atoms with Crippen LogP contribution in [0.1, 0.15) is 23.8 Å². The molecule has 104 valence electrons. The summed E-state index contributed by atoms with van der Waals surface area (Å²) in [4.78, 5) is 18.4. The monoisotopic (exact) mass is 269 g/mol. The van der Waals surface area contributed by atoms with E-state index in [4.69, 9.17) is 5.73 Å². The van der Waals surface area contributed by atoms with Crippen LogP contribution in [-0.4, -0.2) is 29.4 Å². The first-order chi connectivity index (χ1) is 9.56. The van der Waals surface area contributed by atoms with Gasteiger partial charge in [-0.15, -0.1) is 0 Å². The topological polar surface area (TPSA) is 59.2 Å². The maximum atomic E-state index is 12.4. The third-order valence-corrected chi connectivity index (χ3v) is 4.12. The Bertz CT molecular complexity index is 668. The van der Waals surface area contributed by atoms with E-state index in [9.17, 15) is 4.79 Å². The molecule has 0 spiro atoms. The smallest absolute Gasteiger partial charge is 0.272 e. The zero-order valence-electron chi connectivity index (χ0n) is 11.8. The Morgan fingerprint density at radius 3 is 2.85 bits per heavy atom. The van der Waals surface area contributed by atoms with Crippen LogP contribution >= 0.6 is 0 Å². The molecule has 1 saturated carbocycles. The van der Waals surface area contributed by atoms with E-state index in [2.05, 4.69) is 11.9 Å². The number of rotatable bonds is 3.